The zero-order valence-electron chi connectivity index (χ0n) is 20.1. The fraction of sp³-hybridized carbons (Fsp3) is 0.174. The van der Waals surface area contributed by atoms with Gasteiger partial charge in [0.1, 0.15) is 11.4 Å². The summed E-state index contributed by atoms with van der Waals surface area (Å²) in [5.41, 5.74) is 0.103. The molecule has 0 fully saturated rings. The number of ether oxygens (including phenoxy) is 1. The van der Waals surface area contributed by atoms with Crippen LogP contribution in [0.2, 0.25) is 0 Å². The number of hydrogen-bond acceptors (Lipinski definition) is 6. The molecule has 0 bridgehead atoms. The van der Waals surface area contributed by atoms with Crippen molar-refractivity contribution >= 4 is 17.7 Å². The number of pyridine rings is 1. The molecule has 2 aromatic carbocycles. The maximum Gasteiger partial charge on any atom is 1.00 e. The number of alkyl halides is 3. The van der Waals surface area contributed by atoms with Crippen LogP contribution in [0, 0.1) is 0 Å². The second-order valence-electron chi connectivity index (χ2n) is 7.40. The van der Waals surface area contributed by atoms with Crippen LogP contribution in [0.3, 0.4) is 0 Å². The average molecular weight is 535 g/mol. The van der Waals surface area contributed by atoms with Gasteiger partial charge in [-0.2, -0.15) is 0 Å². The number of aromatic nitrogens is 1. The molecule has 0 aliphatic rings. The number of urea groups is 1. The van der Waals surface area contributed by atoms with Crippen molar-refractivity contribution in [3.8, 4) is 22.6 Å². The number of anilines is 1. The van der Waals surface area contributed by atoms with Crippen LogP contribution in [0.1, 0.15) is 18.0 Å². The Bertz CT molecular complexity index is 1300. The molecule has 0 saturated heterocycles. The summed E-state index contributed by atoms with van der Waals surface area (Å²) in [6.07, 6.45) is -4.23. The van der Waals surface area contributed by atoms with Gasteiger partial charge in [-0.15, -0.1) is 13.2 Å². The van der Waals surface area contributed by atoms with Crippen LogP contribution in [-0.2, 0) is 11.8 Å². The number of nitrogens with zero attached hydrogens (tertiary/aromatic N) is 1. The number of nitrogens with one attached hydrogen (secondary N) is 2. The molecule has 1 aromatic heterocycles. The minimum atomic E-state index is -4.83. The van der Waals surface area contributed by atoms with Crippen LogP contribution in [0.4, 0.5) is 23.7 Å². The Labute approximate surface area is 253 Å². The summed E-state index contributed by atoms with van der Waals surface area (Å²) in [6.45, 7) is 0. The number of aryl methyl sites for hydroxylation is 1. The van der Waals surface area contributed by atoms with E-state index in [1.54, 1.807) is 12.1 Å². The number of aliphatic carboxylic acids is 1. The quantitative estimate of drug-likeness (QED) is 0.297. The van der Waals surface area contributed by atoms with Gasteiger partial charge in [0.2, 0.25) is 0 Å². The molecular formula is C23H18F3N3Na2O6. The van der Waals surface area contributed by atoms with E-state index in [0.29, 0.717) is 16.7 Å². The maximum absolute atomic E-state index is 12.5. The first-order valence-electron chi connectivity index (χ1n) is 10.0. The molecule has 9 nitrogen and oxygen atoms in total. The third kappa shape index (κ3) is 9.40. The maximum atomic E-state index is 12.5. The van der Waals surface area contributed by atoms with Gasteiger partial charge in [-0.1, -0.05) is 42.1 Å². The van der Waals surface area contributed by atoms with Gasteiger partial charge in [-0.05, 0) is 34.9 Å². The van der Waals surface area contributed by atoms with E-state index < -0.39 is 53.6 Å². The number of carboxylic acids is 1. The van der Waals surface area contributed by atoms with Crippen molar-refractivity contribution in [3.63, 3.8) is 0 Å². The Morgan fingerprint density at radius 3 is 2.30 bits per heavy atom. The second-order valence-corrected chi connectivity index (χ2v) is 7.40. The molecule has 2 amide bonds. The molecule has 0 aliphatic heterocycles. The average Bonchev–Trinajstić information content (AvgIpc) is 2.78. The third-order valence-electron chi connectivity index (χ3n) is 4.85. The predicted octanol–water partition coefficient (Wildman–Crippen LogP) is -3.96. The van der Waals surface area contributed by atoms with Crippen molar-refractivity contribution in [3.05, 3.63) is 76.7 Å². The first-order valence-corrected chi connectivity index (χ1v) is 10.0. The smallest absolute Gasteiger partial charge is 0.871 e. The van der Waals surface area contributed by atoms with Crippen LogP contribution >= 0.6 is 0 Å². The number of halogens is 3. The number of carbonyl (C=O) groups is 2. The molecule has 14 heteroatoms. The number of hydrogen-bond donors (Lipinski definition) is 2. The summed E-state index contributed by atoms with van der Waals surface area (Å²) in [5.74, 6) is -2.61. The molecule has 0 spiro atoms. The molecule has 184 valence electrons. The molecule has 0 unspecified atom stereocenters. The first-order chi connectivity index (χ1) is 16.4. The first kappa shape index (κ1) is 32.5. The van der Waals surface area contributed by atoms with E-state index >= 15 is 0 Å². The van der Waals surface area contributed by atoms with E-state index in [-0.39, 0.29) is 59.1 Å². The summed E-state index contributed by atoms with van der Waals surface area (Å²) in [4.78, 5) is 35.9. The molecule has 1 atom stereocenters. The molecular weight excluding hydrogens is 517 g/mol. The van der Waals surface area contributed by atoms with Gasteiger partial charge in [0.25, 0.3) is 5.56 Å². The van der Waals surface area contributed by atoms with Crippen LogP contribution in [0.25, 0.3) is 11.1 Å². The Hall–Kier alpha value is -2.48. The molecule has 1 heterocycles. The summed E-state index contributed by atoms with van der Waals surface area (Å²) in [7, 11) is 1.39. The number of carbonyl (C=O) groups excluding carboxylic acids is 2. The second kappa shape index (κ2) is 13.9. The predicted molar refractivity (Wildman–Crippen MR) is 114 cm³/mol. The Morgan fingerprint density at radius 1 is 1.05 bits per heavy atom. The van der Waals surface area contributed by atoms with Gasteiger partial charge >= 0.3 is 71.5 Å². The van der Waals surface area contributed by atoms with Crippen LogP contribution in [0.5, 0.6) is 11.5 Å². The van der Waals surface area contributed by atoms with Gasteiger partial charge in [0, 0.05) is 25.6 Å². The van der Waals surface area contributed by atoms with E-state index in [0.717, 1.165) is 22.8 Å². The fourth-order valence-electron chi connectivity index (χ4n) is 3.24. The molecule has 3 aromatic rings. The summed E-state index contributed by atoms with van der Waals surface area (Å²) in [5, 5.41) is 27.8. The van der Waals surface area contributed by atoms with E-state index in [1.165, 1.54) is 37.5 Å². The molecule has 0 radical (unpaired) electrons. The SMILES string of the molecule is Cn1ccc([O-])c(NC(=O)N[C@@H](CC(=O)[O-])c2cccc(-c3ccc(OC(F)(F)F)cc3)c2)c1=O.[Na+].[Na+]. The van der Waals surface area contributed by atoms with Gasteiger partial charge in [0.05, 0.1) is 6.04 Å². The standard InChI is InChI=1S/C23H20F3N3O6.2Na/c1-29-10-9-18(30)20(21(29)33)28-22(34)27-17(12-19(31)32)15-4-2-3-14(11-15)13-5-7-16(8-6-13)35-23(24,25)26;;/h2-11,17,30H,12H2,1H3,(H,31,32)(H2,27,28,34);;/q;2*+1/p-2/t17-;;/m0../s1. The normalized spacial score (nSPS) is 11.4. The molecule has 37 heavy (non-hydrogen) atoms. The number of carboxylic acid groups (broad SMARTS) is 1. The zero-order valence-corrected chi connectivity index (χ0v) is 24.1. The third-order valence-corrected chi connectivity index (χ3v) is 4.85. The summed E-state index contributed by atoms with van der Waals surface area (Å²) >= 11 is 0. The topological polar surface area (TPSA) is 136 Å². The molecule has 3 rings (SSSR count). The molecule has 0 aliphatic carbocycles. The monoisotopic (exact) mass is 535 g/mol. The van der Waals surface area contributed by atoms with Gasteiger partial charge in [-0.25, -0.2) is 4.79 Å². The van der Waals surface area contributed by atoms with Crippen molar-refractivity contribution in [1.29, 1.82) is 0 Å². The van der Waals surface area contributed by atoms with Gasteiger partial charge < -0.3 is 34.9 Å². The minimum absolute atomic E-state index is 0. The largest absolute Gasteiger partial charge is 1.00 e. The van der Waals surface area contributed by atoms with E-state index in [9.17, 15) is 37.8 Å². The van der Waals surface area contributed by atoms with Crippen molar-refractivity contribution in [2.24, 2.45) is 7.05 Å². The Balaban J connectivity index is 0.00000342. The number of benzene rings is 2. The Kier molecular flexibility index (Phi) is 12.2. The fourth-order valence-corrected chi connectivity index (χ4v) is 3.24. The van der Waals surface area contributed by atoms with Crippen molar-refractivity contribution in [1.82, 2.24) is 9.88 Å². The molecule has 2 N–H and O–H groups in total. The zero-order chi connectivity index (χ0) is 25.8. The molecule has 0 saturated carbocycles. The van der Waals surface area contributed by atoms with Crippen LogP contribution in [0.15, 0.2) is 65.6 Å². The van der Waals surface area contributed by atoms with E-state index in [1.807, 2.05) is 0 Å². The van der Waals surface area contributed by atoms with Gasteiger partial charge in [-0.3, -0.25) is 4.79 Å². The van der Waals surface area contributed by atoms with Crippen LogP contribution in [-0.4, -0.2) is 22.9 Å². The summed E-state index contributed by atoms with van der Waals surface area (Å²) < 4.78 is 42.0. The Morgan fingerprint density at radius 2 is 1.70 bits per heavy atom. The van der Waals surface area contributed by atoms with E-state index in [2.05, 4.69) is 15.4 Å². The van der Waals surface area contributed by atoms with Crippen molar-refractivity contribution in [2.75, 3.05) is 5.32 Å². The number of rotatable bonds is 7. The summed E-state index contributed by atoms with van der Waals surface area (Å²) in [6, 6.07) is 10.3. The van der Waals surface area contributed by atoms with Crippen molar-refractivity contribution in [2.45, 2.75) is 18.8 Å². The van der Waals surface area contributed by atoms with Gasteiger partial charge in [0.15, 0.2) is 0 Å². The van der Waals surface area contributed by atoms with Crippen molar-refractivity contribution < 1.29 is 96.8 Å². The number of amides is 2. The van der Waals surface area contributed by atoms with Crippen LogP contribution < -0.4 is 90.3 Å². The van der Waals surface area contributed by atoms with E-state index in [4.69, 9.17) is 0 Å². The minimum Gasteiger partial charge on any atom is -0.871 e.